The van der Waals surface area contributed by atoms with Gasteiger partial charge in [0.1, 0.15) is 0 Å². The summed E-state index contributed by atoms with van der Waals surface area (Å²) in [7, 11) is 0. The second-order valence-corrected chi connectivity index (χ2v) is 13.4. The molecule has 0 saturated carbocycles. The molecule has 47 heavy (non-hydrogen) atoms. The Balaban J connectivity index is 1.28. The van der Waals surface area contributed by atoms with Crippen molar-refractivity contribution >= 4 is 74.6 Å². The van der Waals surface area contributed by atoms with Crippen LogP contribution in [0.15, 0.2) is 170 Å². The van der Waals surface area contributed by atoms with Crippen molar-refractivity contribution in [3.63, 3.8) is 0 Å². The van der Waals surface area contributed by atoms with Crippen LogP contribution in [0, 0.1) is 0 Å². The van der Waals surface area contributed by atoms with Gasteiger partial charge in [-0.25, -0.2) is 0 Å². The van der Waals surface area contributed by atoms with Crippen molar-refractivity contribution in [2.45, 2.75) is 0 Å². The minimum atomic E-state index is 1.24. The summed E-state index contributed by atoms with van der Waals surface area (Å²) in [4.78, 5) is 0. The van der Waals surface area contributed by atoms with Gasteiger partial charge in [0.25, 0.3) is 0 Å². The molecule has 0 spiro atoms. The molecule has 0 aliphatic rings. The van der Waals surface area contributed by atoms with Crippen LogP contribution in [-0.2, 0) is 0 Å². The van der Waals surface area contributed by atoms with Gasteiger partial charge in [0.15, 0.2) is 0 Å². The zero-order valence-corrected chi connectivity index (χ0v) is 26.4. The summed E-state index contributed by atoms with van der Waals surface area (Å²) in [5.74, 6) is 0. The summed E-state index contributed by atoms with van der Waals surface area (Å²) < 4.78 is 2.69. The van der Waals surface area contributed by atoms with Crippen molar-refractivity contribution in [2.75, 3.05) is 0 Å². The molecule has 0 N–H and O–H groups in total. The summed E-state index contributed by atoms with van der Waals surface area (Å²) >= 11 is 1.91. The highest BCUT2D eigenvalue weighted by atomic mass is 32.1. The monoisotopic (exact) mass is 612 g/mol. The van der Waals surface area contributed by atoms with Gasteiger partial charge in [-0.05, 0) is 88.6 Å². The molecule has 0 atom stereocenters. The molecule has 9 aromatic carbocycles. The highest BCUT2D eigenvalue weighted by molar-refractivity contribution is 7.26. The maximum absolute atomic E-state index is 2.38. The summed E-state index contributed by atoms with van der Waals surface area (Å²) in [5.41, 5.74) is 7.66. The Morgan fingerprint density at radius 3 is 1.68 bits per heavy atom. The third-order valence-corrected chi connectivity index (χ3v) is 11.0. The van der Waals surface area contributed by atoms with E-state index in [4.69, 9.17) is 0 Å². The minimum absolute atomic E-state index is 1.24. The fraction of sp³-hybridized carbons (Fsp3) is 0. The van der Waals surface area contributed by atoms with Gasteiger partial charge in [0.05, 0.1) is 0 Å². The van der Waals surface area contributed by atoms with Crippen molar-refractivity contribution in [3.8, 4) is 33.4 Å². The van der Waals surface area contributed by atoms with E-state index in [0.717, 1.165) is 0 Å². The highest BCUT2D eigenvalue weighted by Crippen LogP contribution is 2.49. The predicted molar refractivity (Wildman–Crippen MR) is 206 cm³/mol. The second-order valence-electron chi connectivity index (χ2n) is 12.4. The summed E-state index contributed by atoms with van der Waals surface area (Å²) in [6.45, 7) is 0. The van der Waals surface area contributed by atoms with E-state index in [9.17, 15) is 0 Å². The third-order valence-electron chi connectivity index (χ3n) is 9.84. The van der Waals surface area contributed by atoms with E-state index in [-0.39, 0.29) is 0 Å². The molecule has 218 valence electrons. The van der Waals surface area contributed by atoms with E-state index in [2.05, 4.69) is 170 Å². The molecule has 0 bridgehead atoms. The van der Waals surface area contributed by atoms with Crippen LogP contribution in [0.4, 0.5) is 0 Å². The van der Waals surface area contributed by atoms with Crippen LogP contribution in [0.3, 0.4) is 0 Å². The van der Waals surface area contributed by atoms with Gasteiger partial charge in [-0.3, -0.25) is 0 Å². The molecule has 0 aliphatic heterocycles. The maximum atomic E-state index is 2.38. The predicted octanol–water partition coefficient (Wildman–Crippen LogP) is 13.7. The Hall–Kier alpha value is -5.76. The zero-order chi connectivity index (χ0) is 30.9. The van der Waals surface area contributed by atoms with E-state index in [1.165, 1.54) is 96.6 Å². The van der Waals surface area contributed by atoms with Crippen molar-refractivity contribution in [3.05, 3.63) is 170 Å². The Labute approximate surface area is 276 Å². The van der Waals surface area contributed by atoms with Crippen LogP contribution in [0.1, 0.15) is 0 Å². The van der Waals surface area contributed by atoms with Crippen LogP contribution in [-0.4, -0.2) is 0 Å². The first-order valence-corrected chi connectivity index (χ1v) is 17.0. The molecule has 0 nitrogen and oxygen atoms in total. The fourth-order valence-corrected chi connectivity index (χ4v) is 9.06. The standard InChI is InChI=1S/C46H28S/c1-2-12-29(13-3-1)33-21-10-15-31-28-32(25-26-34(31)33)43-36-17-6-8-19-38(36)44(39-20-9-7-18-37(39)43)40-22-11-23-42-45(40)41-27-24-30-14-4-5-16-35(30)46(41)47-42/h1-28H. The summed E-state index contributed by atoms with van der Waals surface area (Å²) in [6.07, 6.45) is 0. The molecule has 0 saturated heterocycles. The van der Waals surface area contributed by atoms with Crippen molar-refractivity contribution in [1.82, 2.24) is 0 Å². The Kier molecular flexibility index (Phi) is 5.85. The topological polar surface area (TPSA) is 0 Å². The Morgan fingerprint density at radius 1 is 0.319 bits per heavy atom. The molecule has 0 fully saturated rings. The van der Waals surface area contributed by atoms with Crippen LogP contribution in [0.25, 0.3) is 96.6 Å². The first-order chi connectivity index (χ1) is 23.3. The molecular weight excluding hydrogens is 585 g/mol. The molecule has 10 rings (SSSR count). The van der Waals surface area contributed by atoms with Gasteiger partial charge >= 0.3 is 0 Å². The average molecular weight is 613 g/mol. The smallest absolute Gasteiger partial charge is 0.0434 e. The number of hydrogen-bond acceptors (Lipinski definition) is 1. The van der Waals surface area contributed by atoms with E-state index in [0.29, 0.717) is 0 Å². The lowest BCUT2D eigenvalue weighted by Crippen LogP contribution is -1.91. The molecule has 0 amide bonds. The Bertz CT molecular complexity index is 2780. The van der Waals surface area contributed by atoms with Gasteiger partial charge in [0.2, 0.25) is 0 Å². The normalized spacial score (nSPS) is 11.8. The molecule has 0 unspecified atom stereocenters. The molecule has 1 aromatic heterocycles. The first kappa shape index (κ1) is 26.5. The third kappa shape index (κ3) is 4.00. The number of benzene rings is 9. The lowest BCUT2D eigenvalue weighted by atomic mass is 9.84. The van der Waals surface area contributed by atoms with Crippen molar-refractivity contribution in [1.29, 1.82) is 0 Å². The zero-order valence-electron chi connectivity index (χ0n) is 25.6. The summed E-state index contributed by atoms with van der Waals surface area (Å²) in [6, 6.07) is 62.6. The lowest BCUT2D eigenvalue weighted by Gasteiger charge is -2.19. The van der Waals surface area contributed by atoms with Crippen LogP contribution in [0.5, 0.6) is 0 Å². The molecule has 0 aliphatic carbocycles. The van der Waals surface area contributed by atoms with Gasteiger partial charge in [0, 0.05) is 20.2 Å². The first-order valence-electron chi connectivity index (χ1n) is 16.2. The molecule has 10 aromatic rings. The maximum Gasteiger partial charge on any atom is 0.0434 e. The average Bonchev–Trinajstić information content (AvgIpc) is 3.53. The number of fused-ring (bicyclic) bond motifs is 8. The van der Waals surface area contributed by atoms with Crippen LogP contribution in [0.2, 0.25) is 0 Å². The number of thiophene rings is 1. The lowest BCUT2D eigenvalue weighted by molar-refractivity contribution is 1.65. The fourth-order valence-electron chi connectivity index (χ4n) is 7.80. The molecule has 1 heterocycles. The van der Waals surface area contributed by atoms with Crippen LogP contribution >= 0.6 is 11.3 Å². The summed E-state index contributed by atoms with van der Waals surface area (Å²) in [5, 5.41) is 13.0. The SMILES string of the molecule is c1ccc(-c2cccc3cc(-c4c5ccccc5c(-c5cccc6sc7c8ccccc8ccc7c56)c5ccccc45)ccc23)cc1. The van der Waals surface area contributed by atoms with E-state index in [1.807, 2.05) is 11.3 Å². The van der Waals surface area contributed by atoms with E-state index in [1.54, 1.807) is 0 Å². The Morgan fingerprint density at radius 2 is 0.915 bits per heavy atom. The van der Waals surface area contributed by atoms with Crippen molar-refractivity contribution < 1.29 is 0 Å². The number of rotatable bonds is 3. The quantitative estimate of drug-likeness (QED) is 0.174. The molecular formula is C46H28S. The molecule has 0 radical (unpaired) electrons. The minimum Gasteiger partial charge on any atom is -0.135 e. The van der Waals surface area contributed by atoms with Gasteiger partial charge in [-0.1, -0.05) is 158 Å². The van der Waals surface area contributed by atoms with Gasteiger partial charge in [-0.15, -0.1) is 11.3 Å². The van der Waals surface area contributed by atoms with Gasteiger partial charge in [-0.2, -0.15) is 0 Å². The largest absolute Gasteiger partial charge is 0.135 e. The van der Waals surface area contributed by atoms with Crippen molar-refractivity contribution in [2.24, 2.45) is 0 Å². The van der Waals surface area contributed by atoms with E-state index < -0.39 is 0 Å². The molecule has 1 heteroatoms. The number of hydrogen-bond donors (Lipinski definition) is 0. The highest BCUT2D eigenvalue weighted by Gasteiger charge is 2.20. The van der Waals surface area contributed by atoms with Crippen LogP contribution < -0.4 is 0 Å². The van der Waals surface area contributed by atoms with Gasteiger partial charge < -0.3 is 0 Å². The van der Waals surface area contributed by atoms with E-state index >= 15 is 0 Å². The second kappa shape index (κ2) is 10.4.